The molecule has 4 nitrogen and oxygen atoms in total. The molecule has 2 heterocycles. The highest BCUT2D eigenvalue weighted by Gasteiger charge is 2.46. The first-order valence-electron chi connectivity index (χ1n) is 8.60. The summed E-state index contributed by atoms with van der Waals surface area (Å²) in [6, 6.07) is 18.8. The number of fused-ring (bicyclic) bond motifs is 1. The molecule has 4 rings (SSSR count). The number of carbonyl (C=O) groups excluding carboxylic acids is 1. The van der Waals surface area contributed by atoms with Gasteiger partial charge in [0.15, 0.2) is 0 Å². The van der Waals surface area contributed by atoms with Gasteiger partial charge in [0.1, 0.15) is 0 Å². The topological polar surface area (TPSA) is 35.6 Å². The number of nitrogens with one attached hydrogen (secondary N) is 1. The van der Waals surface area contributed by atoms with Gasteiger partial charge < -0.3 is 10.2 Å². The third kappa shape index (κ3) is 2.89. The zero-order valence-corrected chi connectivity index (χ0v) is 14.0. The lowest BCUT2D eigenvalue weighted by Crippen LogP contribution is -2.54. The molecule has 2 fully saturated rings. The lowest BCUT2D eigenvalue weighted by atomic mass is 9.91. The molecule has 2 saturated heterocycles. The van der Waals surface area contributed by atoms with Gasteiger partial charge in [-0.15, -0.1) is 0 Å². The van der Waals surface area contributed by atoms with E-state index in [2.05, 4.69) is 41.4 Å². The minimum atomic E-state index is 0.0199. The first-order valence-corrected chi connectivity index (χ1v) is 8.60. The predicted octanol–water partition coefficient (Wildman–Crippen LogP) is 3.34. The summed E-state index contributed by atoms with van der Waals surface area (Å²) < 4.78 is 0. The normalized spacial score (nSPS) is 22.8. The number of benzene rings is 2. The number of urea groups is 1. The Morgan fingerprint density at radius 1 is 1.04 bits per heavy atom. The molecular weight excluding hydrogens is 298 g/mol. The first kappa shape index (κ1) is 15.2. The second-order valence-electron chi connectivity index (χ2n) is 6.88. The number of likely N-dealkylation sites (tertiary alicyclic amines) is 2. The maximum atomic E-state index is 12.4. The maximum absolute atomic E-state index is 12.4. The number of aryl methyl sites for hydroxylation is 1. The summed E-state index contributed by atoms with van der Waals surface area (Å²) >= 11 is 0. The molecule has 0 radical (unpaired) electrons. The molecule has 1 N–H and O–H groups in total. The van der Waals surface area contributed by atoms with Gasteiger partial charge in [-0.25, -0.2) is 4.79 Å². The SMILES string of the molecule is Cc1ccccc1CN1C[C@@H]2CN(C(=O)Nc3ccccc3)C[C@@H]21. The number of hydrogen-bond donors (Lipinski definition) is 1. The Balaban J connectivity index is 1.35. The molecule has 2 amide bonds. The fourth-order valence-corrected chi connectivity index (χ4v) is 3.82. The highest BCUT2D eigenvalue weighted by atomic mass is 16.2. The van der Waals surface area contributed by atoms with Crippen molar-refractivity contribution in [2.45, 2.75) is 19.5 Å². The molecule has 0 bridgehead atoms. The van der Waals surface area contributed by atoms with Crippen LogP contribution in [0, 0.1) is 12.8 Å². The van der Waals surface area contributed by atoms with Gasteiger partial charge in [-0.05, 0) is 30.2 Å². The zero-order chi connectivity index (χ0) is 16.5. The maximum Gasteiger partial charge on any atom is 0.321 e. The van der Waals surface area contributed by atoms with Crippen LogP contribution in [0.15, 0.2) is 54.6 Å². The molecule has 2 atom stereocenters. The van der Waals surface area contributed by atoms with Crippen molar-refractivity contribution in [1.82, 2.24) is 9.80 Å². The van der Waals surface area contributed by atoms with Gasteiger partial charge in [-0.3, -0.25) is 4.90 Å². The molecule has 0 unspecified atom stereocenters. The number of rotatable bonds is 3. The predicted molar refractivity (Wildman–Crippen MR) is 95.9 cm³/mol. The number of carbonyl (C=O) groups is 1. The average molecular weight is 321 g/mol. The van der Waals surface area contributed by atoms with Gasteiger partial charge >= 0.3 is 6.03 Å². The van der Waals surface area contributed by atoms with Crippen molar-refractivity contribution in [1.29, 1.82) is 0 Å². The summed E-state index contributed by atoms with van der Waals surface area (Å²) in [5.41, 5.74) is 3.60. The van der Waals surface area contributed by atoms with Crippen molar-refractivity contribution in [2.75, 3.05) is 25.0 Å². The molecule has 0 saturated carbocycles. The fourth-order valence-electron chi connectivity index (χ4n) is 3.82. The Labute approximate surface area is 143 Å². The molecule has 0 spiro atoms. The van der Waals surface area contributed by atoms with E-state index >= 15 is 0 Å². The van der Waals surface area contributed by atoms with Crippen LogP contribution in [0.3, 0.4) is 0 Å². The third-order valence-corrected chi connectivity index (χ3v) is 5.29. The number of nitrogens with zero attached hydrogens (tertiary/aromatic N) is 2. The van der Waals surface area contributed by atoms with Gasteiger partial charge in [-0.2, -0.15) is 0 Å². The molecule has 2 aromatic rings. The number of para-hydroxylation sites is 1. The molecule has 0 aliphatic carbocycles. The van der Waals surface area contributed by atoms with Gasteiger partial charge in [0.2, 0.25) is 0 Å². The second kappa shape index (κ2) is 6.29. The molecule has 2 aliphatic heterocycles. The van der Waals surface area contributed by atoms with Crippen molar-refractivity contribution in [2.24, 2.45) is 5.92 Å². The van der Waals surface area contributed by atoms with E-state index in [-0.39, 0.29) is 6.03 Å². The van der Waals surface area contributed by atoms with Crippen LogP contribution < -0.4 is 5.32 Å². The largest absolute Gasteiger partial charge is 0.323 e. The third-order valence-electron chi connectivity index (χ3n) is 5.29. The number of amides is 2. The van der Waals surface area contributed by atoms with Crippen LogP contribution >= 0.6 is 0 Å². The lowest BCUT2D eigenvalue weighted by Gasteiger charge is -2.43. The van der Waals surface area contributed by atoms with Crippen molar-refractivity contribution < 1.29 is 4.79 Å². The van der Waals surface area contributed by atoms with Gasteiger partial charge in [0, 0.05) is 43.8 Å². The van der Waals surface area contributed by atoms with Crippen molar-refractivity contribution in [3.63, 3.8) is 0 Å². The number of hydrogen-bond acceptors (Lipinski definition) is 2. The van der Waals surface area contributed by atoms with E-state index in [4.69, 9.17) is 0 Å². The lowest BCUT2D eigenvalue weighted by molar-refractivity contribution is 0.0433. The van der Waals surface area contributed by atoms with E-state index in [1.807, 2.05) is 35.2 Å². The van der Waals surface area contributed by atoms with Crippen LogP contribution in [0.25, 0.3) is 0 Å². The first-order chi connectivity index (χ1) is 11.7. The highest BCUT2D eigenvalue weighted by molar-refractivity contribution is 5.89. The minimum Gasteiger partial charge on any atom is -0.323 e. The molecule has 124 valence electrons. The summed E-state index contributed by atoms with van der Waals surface area (Å²) in [6.45, 7) is 5.94. The Bertz CT molecular complexity index is 731. The molecule has 2 aromatic carbocycles. The molecule has 2 aliphatic rings. The Hall–Kier alpha value is -2.33. The standard InChI is InChI=1S/C20H23N3O/c1-15-7-5-6-8-16(15)11-22-12-17-13-23(14-19(17)22)20(24)21-18-9-3-2-4-10-18/h2-10,17,19H,11-14H2,1H3,(H,21,24)/t17-,19+/m1/s1. The molecule has 0 aromatic heterocycles. The summed E-state index contributed by atoms with van der Waals surface area (Å²) in [5.74, 6) is 0.621. The summed E-state index contributed by atoms with van der Waals surface area (Å²) in [5, 5.41) is 2.99. The minimum absolute atomic E-state index is 0.0199. The average Bonchev–Trinajstić information content (AvgIpc) is 2.92. The summed E-state index contributed by atoms with van der Waals surface area (Å²) in [4.78, 5) is 16.9. The molecule has 24 heavy (non-hydrogen) atoms. The van der Waals surface area contributed by atoms with E-state index < -0.39 is 0 Å². The Morgan fingerprint density at radius 2 is 1.79 bits per heavy atom. The second-order valence-corrected chi connectivity index (χ2v) is 6.88. The fraction of sp³-hybridized carbons (Fsp3) is 0.350. The van der Waals surface area contributed by atoms with Crippen molar-refractivity contribution >= 4 is 11.7 Å². The van der Waals surface area contributed by atoms with E-state index in [0.717, 1.165) is 31.9 Å². The summed E-state index contributed by atoms with van der Waals surface area (Å²) in [6.07, 6.45) is 0. The van der Waals surface area contributed by atoms with E-state index in [1.165, 1.54) is 11.1 Å². The van der Waals surface area contributed by atoms with Gasteiger partial charge in [0.25, 0.3) is 0 Å². The van der Waals surface area contributed by atoms with Crippen LogP contribution in [0.4, 0.5) is 10.5 Å². The van der Waals surface area contributed by atoms with Crippen LogP contribution in [0.1, 0.15) is 11.1 Å². The van der Waals surface area contributed by atoms with E-state index in [1.54, 1.807) is 0 Å². The van der Waals surface area contributed by atoms with Crippen molar-refractivity contribution in [3.05, 3.63) is 65.7 Å². The number of anilines is 1. The summed E-state index contributed by atoms with van der Waals surface area (Å²) in [7, 11) is 0. The van der Waals surface area contributed by atoms with Crippen LogP contribution in [-0.2, 0) is 6.54 Å². The van der Waals surface area contributed by atoms with E-state index in [9.17, 15) is 4.79 Å². The van der Waals surface area contributed by atoms with Crippen LogP contribution in [0.5, 0.6) is 0 Å². The van der Waals surface area contributed by atoms with E-state index in [0.29, 0.717) is 12.0 Å². The van der Waals surface area contributed by atoms with Crippen molar-refractivity contribution in [3.8, 4) is 0 Å². The van der Waals surface area contributed by atoms with Crippen LogP contribution in [-0.4, -0.2) is 41.5 Å². The molecule has 4 heteroatoms. The van der Waals surface area contributed by atoms with Gasteiger partial charge in [-0.1, -0.05) is 42.5 Å². The smallest absolute Gasteiger partial charge is 0.321 e. The highest BCUT2D eigenvalue weighted by Crippen LogP contribution is 2.34. The quantitative estimate of drug-likeness (QED) is 0.941. The monoisotopic (exact) mass is 321 g/mol. The zero-order valence-electron chi connectivity index (χ0n) is 14.0. The Kier molecular flexibility index (Phi) is 3.98. The molecular formula is C20H23N3O. The van der Waals surface area contributed by atoms with Crippen LogP contribution in [0.2, 0.25) is 0 Å². The van der Waals surface area contributed by atoms with Gasteiger partial charge in [0.05, 0.1) is 0 Å². The Morgan fingerprint density at radius 3 is 2.58 bits per heavy atom.